The molecule has 0 atom stereocenters. The molecule has 1 aliphatic heterocycles. The highest BCUT2D eigenvalue weighted by Gasteiger charge is 2.38. The van der Waals surface area contributed by atoms with Crippen LogP contribution in [0.5, 0.6) is 0 Å². The fourth-order valence-electron chi connectivity index (χ4n) is 3.03. The number of amides is 1. The number of ether oxygens (including phenoxy) is 2. The van der Waals surface area contributed by atoms with Crippen molar-refractivity contribution >= 4 is 6.09 Å². The lowest BCUT2D eigenvalue weighted by Gasteiger charge is -2.42. The van der Waals surface area contributed by atoms with Crippen molar-refractivity contribution in [3.8, 4) is 0 Å². The van der Waals surface area contributed by atoms with Gasteiger partial charge in [-0.15, -0.1) is 0 Å². The Labute approximate surface area is 133 Å². The van der Waals surface area contributed by atoms with Crippen LogP contribution >= 0.6 is 0 Å². The van der Waals surface area contributed by atoms with E-state index in [0.717, 1.165) is 12.8 Å². The third-order valence-corrected chi connectivity index (χ3v) is 4.18. The van der Waals surface area contributed by atoms with Gasteiger partial charge in [0.05, 0.1) is 6.61 Å². The Hall–Kier alpha value is -1.55. The van der Waals surface area contributed by atoms with E-state index >= 15 is 0 Å². The van der Waals surface area contributed by atoms with Crippen molar-refractivity contribution in [2.75, 3.05) is 26.8 Å². The van der Waals surface area contributed by atoms with Crippen molar-refractivity contribution in [3.05, 3.63) is 35.9 Å². The highest BCUT2D eigenvalue weighted by atomic mass is 16.6. The summed E-state index contributed by atoms with van der Waals surface area (Å²) in [6.45, 7) is 7.77. The number of nitrogens with zero attached hydrogens (tertiary/aromatic N) is 1. The number of piperidine rings is 1. The van der Waals surface area contributed by atoms with Crippen LogP contribution in [0.1, 0.15) is 39.2 Å². The zero-order valence-corrected chi connectivity index (χ0v) is 14.1. The Morgan fingerprint density at radius 2 is 1.77 bits per heavy atom. The Balaban J connectivity index is 2.06. The maximum atomic E-state index is 12.2. The number of carbonyl (C=O) groups excluding carboxylic acids is 1. The second kappa shape index (κ2) is 6.69. The molecule has 4 heteroatoms. The Morgan fingerprint density at radius 1 is 1.18 bits per heavy atom. The molecule has 1 fully saturated rings. The van der Waals surface area contributed by atoms with Gasteiger partial charge in [-0.25, -0.2) is 4.79 Å². The normalized spacial score (nSPS) is 18.1. The fraction of sp³-hybridized carbons (Fsp3) is 0.611. The molecular weight excluding hydrogens is 278 g/mol. The molecule has 0 spiro atoms. The molecule has 0 aliphatic carbocycles. The van der Waals surface area contributed by atoms with Crippen LogP contribution in [0.2, 0.25) is 0 Å². The Morgan fingerprint density at radius 3 is 2.27 bits per heavy atom. The number of likely N-dealkylation sites (tertiary alicyclic amines) is 1. The van der Waals surface area contributed by atoms with Gasteiger partial charge in [-0.05, 0) is 39.2 Å². The minimum absolute atomic E-state index is 0.00543. The molecule has 1 heterocycles. The number of carbonyl (C=O) groups is 1. The van der Waals surface area contributed by atoms with Crippen molar-refractivity contribution in [1.82, 2.24) is 4.90 Å². The first-order chi connectivity index (χ1) is 10.4. The van der Waals surface area contributed by atoms with Crippen molar-refractivity contribution in [2.45, 2.75) is 44.6 Å². The number of benzene rings is 1. The van der Waals surface area contributed by atoms with Crippen molar-refractivity contribution < 1.29 is 14.3 Å². The van der Waals surface area contributed by atoms with Crippen LogP contribution in [0.15, 0.2) is 30.3 Å². The van der Waals surface area contributed by atoms with E-state index in [1.165, 1.54) is 5.56 Å². The quantitative estimate of drug-likeness (QED) is 0.856. The molecule has 0 bridgehead atoms. The summed E-state index contributed by atoms with van der Waals surface area (Å²) in [6.07, 6.45) is 1.57. The lowest BCUT2D eigenvalue weighted by molar-refractivity contribution is 0.00974. The molecule has 2 rings (SSSR count). The molecule has 1 aromatic carbocycles. The van der Waals surface area contributed by atoms with Crippen LogP contribution in [-0.4, -0.2) is 43.4 Å². The highest BCUT2D eigenvalue weighted by molar-refractivity contribution is 5.68. The van der Waals surface area contributed by atoms with Crippen LogP contribution in [0.3, 0.4) is 0 Å². The molecule has 0 radical (unpaired) electrons. The lowest BCUT2D eigenvalue weighted by Crippen LogP contribution is -2.48. The summed E-state index contributed by atoms with van der Waals surface area (Å²) < 4.78 is 10.9. The third-order valence-electron chi connectivity index (χ3n) is 4.18. The van der Waals surface area contributed by atoms with E-state index in [2.05, 4.69) is 24.3 Å². The van der Waals surface area contributed by atoms with Gasteiger partial charge in [0.25, 0.3) is 0 Å². The predicted molar refractivity (Wildman–Crippen MR) is 87.0 cm³/mol. The number of hydrogen-bond acceptors (Lipinski definition) is 3. The summed E-state index contributed by atoms with van der Waals surface area (Å²) in [7, 11) is 1.74. The lowest BCUT2D eigenvalue weighted by atomic mass is 9.73. The Kier molecular flexibility index (Phi) is 5.12. The maximum absolute atomic E-state index is 12.2. The van der Waals surface area contributed by atoms with E-state index in [9.17, 15) is 4.79 Å². The highest BCUT2D eigenvalue weighted by Crippen LogP contribution is 2.36. The van der Waals surface area contributed by atoms with Gasteiger partial charge >= 0.3 is 6.09 Å². The average molecular weight is 305 g/mol. The maximum Gasteiger partial charge on any atom is 0.410 e. The molecule has 122 valence electrons. The van der Waals surface area contributed by atoms with Crippen LogP contribution in [0.25, 0.3) is 0 Å². The van der Waals surface area contributed by atoms with Crippen molar-refractivity contribution in [1.29, 1.82) is 0 Å². The first-order valence-corrected chi connectivity index (χ1v) is 7.89. The van der Waals surface area contributed by atoms with E-state index in [0.29, 0.717) is 19.7 Å². The van der Waals surface area contributed by atoms with Crippen LogP contribution in [0.4, 0.5) is 4.79 Å². The minimum Gasteiger partial charge on any atom is -0.444 e. The predicted octanol–water partition coefficient (Wildman–Crippen LogP) is 3.60. The number of hydrogen-bond donors (Lipinski definition) is 0. The first kappa shape index (κ1) is 16.8. The van der Waals surface area contributed by atoms with E-state index < -0.39 is 5.60 Å². The zero-order valence-electron chi connectivity index (χ0n) is 14.1. The molecule has 1 aromatic rings. The summed E-state index contributed by atoms with van der Waals surface area (Å²) in [4.78, 5) is 14.0. The van der Waals surface area contributed by atoms with E-state index in [4.69, 9.17) is 9.47 Å². The van der Waals surface area contributed by atoms with Crippen LogP contribution in [0, 0.1) is 0 Å². The van der Waals surface area contributed by atoms with Crippen LogP contribution in [-0.2, 0) is 14.9 Å². The molecule has 0 saturated carbocycles. The first-order valence-electron chi connectivity index (χ1n) is 7.89. The van der Waals surface area contributed by atoms with Crippen molar-refractivity contribution in [3.63, 3.8) is 0 Å². The second-order valence-corrected chi connectivity index (χ2v) is 7.05. The monoisotopic (exact) mass is 305 g/mol. The third kappa shape index (κ3) is 4.01. The molecule has 22 heavy (non-hydrogen) atoms. The molecule has 4 nitrogen and oxygen atoms in total. The summed E-state index contributed by atoms with van der Waals surface area (Å²) in [5.41, 5.74) is 0.840. The van der Waals surface area contributed by atoms with E-state index in [-0.39, 0.29) is 11.5 Å². The average Bonchev–Trinajstić information content (AvgIpc) is 2.47. The summed E-state index contributed by atoms with van der Waals surface area (Å²) in [6, 6.07) is 10.5. The standard InChI is InChI=1S/C18H27NO3/c1-17(2,3)22-16(20)19-12-10-18(11-13-19,14-21-4)15-8-6-5-7-9-15/h5-9H,10-14H2,1-4H3. The number of rotatable bonds is 3. The zero-order chi connectivity index (χ0) is 16.2. The minimum atomic E-state index is -0.447. The van der Waals surface area contributed by atoms with E-state index in [1.807, 2.05) is 31.7 Å². The Bertz CT molecular complexity index is 485. The fourth-order valence-corrected chi connectivity index (χ4v) is 3.03. The van der Waals surface area contributed by atoms with Gasteiger partial charge in [0.1, 0.15) is 5.60 Å². The molecule has 1 aliphatic rings. The molecular formula is C18H27NO3. The van der Waals surface area contributed by atoms with Gasteiger partial charge in [-0.1, -0.05) is 30.3 Å². The summed E-state index contributed by atoms with van der Waals surface area (Å²) >= 11 is 0. The second-order valence-electron chi connectivity index (χ2n) is 7.05. The van der Waals surface area contributed by atoms with Crippen LogP contribution < -0.4 is 0 Å². The molecule has 0 unspecified atom stereocenters. The van der Waals surface area contributed by atoms with Gasteiger partial charge in [0.15, 0.2) is 0 Å². The summed E-state index contributed by atoms with van der Waals surface area (Å²) in [5.74, 6) is 0. The largest absolute Gasteiger partial charge is 0.444 e. The molecule has 1 saturated heterocycles. The van der Waals surface area contributed by atoms with Gasteiger partial charge in [-0.3, -0.25) is 0 Å². The molecule has 0 N–H and O–H groups in total. The van der Waals surface area contributed by atoms with E-state index in [1.54, 1.807) is 7.11 Å². The van der Waals surface area contributed by atoms with Gasteiger partial charge in [-0.2, -0.15) is 0 Å². The summed E-state index contributed by atoms with van der Waals surface area (Å²) in [5, 5.41) is 0. The molecule has 1 amide bonds. The topological polar surface area (TPSA) is 38.8 Å². The molecule has 0 aromatic heterocycles. The van der Waals surface area contributed by atoms with Gasteiger partial charge in [0, 0.05) is 25.6 Å². The SMILES string of the molecule is COCC1(c2ccccc2)CCN(C(=O)OC(C)(C)C)CC1. The smallest absolute Gasteiger partial charge is 0.410 e. The van der Waals surface area contributed by atoms with Gasteiger partial charge < -0.3 is 14.4 Å². The van der Waals surface area contributed by atoms with Gasteiger partial charge in [0.2, 0.25) is 0 Å². The number of methoxy groups -OCH3 is 1. The van der Waals surface area contributed by atoms with Crippen molar-refractivity contribution in [2.24, 2.45) is 0 Å².